The SMILES string of the molecule is CCOCCCNCCn1c(C)c(Br)c(C)nc1=O. The third-order valence-electron chi connectivity index (χ3n) is 2.89. The zero-order valence-electron chi connectivity index (χ0n) is 11.8. The van der Waals surface area contributed by atoms with Crippen molar-refractivity contribution >= 4 is 15.9 Å². The highest BCUT2D eigenvalue weighted by Gasteiger charge is 2.08. The van der Waals surface area contributed by atoms with Gasteiger partial charge in [0.15, 0.2) is 0 Å². The molecule has 0 atom stereocenters. The summed E-state index contributed by atoms with van der Waals surface area (Å²) in [7, 11) is 0. The first kappa shape index (κ1) is 16.3. The van der Waals surface area contributed by atoms with Crippen molar-refractivity contribution in [1.29, 1.82) is 0 Å². The molecule has 0 aliphatic carbocycles. The van der Waals surface area contributed by atoms with Gasteiger partial charge in [0.1, 0.15) is 0 Å². The molecule has 5 nitrogen and oxygen atoms in total. The summed E-state index contributed by atoms with van der Waals surface area (Å²) < 4.78 is 7.85. The van der Waals surface area contributed by atoms with Gasteiger partial charge in [-0.25, -0.2) is 4.79 Å². The summed E-state index contributed by atoms with van der Waals surface area (Å²) in [6.07, 6.45) is 0.984. The number of aromatic nitrogens is 2. The molecule has 1 heterocycles. The fourth-order valence-electron chi connectivity index (χ4n) is 1.80. The lowest BCUT2D eigenvalue weighted by atomic mass is 10.3. The average Bonchev–Trinajstić information content (AvgIpc) is 2.38. The fraction of sp³-hybridized carbons (Fsp3) is 0.692. The molecule has 0 aromatic carbocycles. The van der Waals surface area contributed by atoms with Crippen LogP contribution in [0.5, 0.6) is 0 Å². The topological polar surface area (TPSA) is 56.1 Å². The Labute approximate surface area is 122 Å². The molecule has 0 saturated heterocycles. The van der Waals surface area contributed by atoms with Crippen molar-refractivity contribution in [2.24, 2.45) is 0 Å². The van der Waals surface area contributed by atoms with E-state index in [2.05, 4.69) is 26.2 Å². The molecule has 0 radical (unpaired) electrons. The molecule has 19 heavy (non-hydrogen) atoms. The molecule has 0 unspecified atom stereocenters. The molecule has 1 N–H and O–H groups in total. The number of hydrogen-bond donors (Lipinski definition) is 1. The highest BCUT2D eigenvalue weighted by Crippen LogP contribution is 2.16. The van der Waals surface area contributed by atoms with E-state index in [-0.39, 0.29) is 5.69 Å². The molecule has 6 heteroatoms. The summed E-state index contributed by atoms with van der Waals surface area (Å²) in [6.45, 7) is 9.57. The van der Waals surface area contributed by atoms with Crippen LogP contribution >= 0.6 is 15.9 Å². The van der Waals surface area contributed by atoms with E-state index in [0.717, 1.165) is 48.6 Å². The highest BCUT2D eigenvalue weighted by atomic mass is 79.9. The van der Waals surface area contributed by atoms with E-state index in [9.17, 15) is 4.79 Å². The Morgan fingerprint density at radius 2 is 2.11 bits per heavy atom. The second-order valence-electron chi connectivity index (χ2n) is 4.33. The first-order chi connectivity index (χ1) is 9.07. The molecule has 0 aliphatic heterocycles. The van der Waals surface area contributed by atoms with Crippen molar-refractivity contribution in [3.05, 3.63) is 26.3 Å². The van der Waals surface area contributed by atoms with Gasteiger partial charge in [-0.2, -0.15) is 4.98 Å². The van der Waals surface area contributed by atoms with E-state index >= 15 is 0 Å². The largest absolute Gasteiger partial charge is 0.382 e. The van der Waals surface area contributed by atoms with Crippen LogP contribution in [-0.4, -0.2) is 35.9 Å². The van der Waals surface area contributed by atoms with Gasteiger partial charge in [-0.1, -0.05) is 0 Å². The first-order valence-electron chi connectivity index (χ1n) is 6.60. The molecule has 0 aliphatic rings. The van der Waals surface area contributed by atoms with Gasteiger partial charge in [0.2, 0.25) is 0 Å². The standard InChI is InChI=1S/C13H22BrN3O2/c1-4-19-9-5-6-15-7-8-17-11(3)12(14)10(2)16-13(17)18/h15H,4-9H2,1-3H3. The Morgan fingerprint density at radius 1 is 1.37 bits per heavy atom. The Balaban J connectivity index is 2.42. The minimum absolute atomic E-state index is 0.186. The van der Waals surface area contributed by atoms with Gasteiger partial charge in [0.05, 0.1) is 10.2 Å². The van der Waals surface area contributed by atoms with Crippen LogP contribution in [0.4, 0.5) is 0 Å². The molecule has 0 spiro atoms. The molecule has 0 fully saturated rings. The van der Waals surface area contributed by atoms with Crippen molar-refractivity contribution in [3.8, 4) is 0 Å². The minimum atomic E-state index is -0.186. The summed E-state index contributed by atoms with van der Waals surface area (Å²) in [5.41, 5.74) is 1.48. The lowest BCUT2D eigenvalue weighted by Crippen LogP contribution is -2.31. The van der Waals surface area contributed by atoms with Crippen molar-refractivity contribution in [2.45, 2.75) is 33.7 Å². The second kappa shape index (κ2) is 8.45. The van der Waals surface area contributed by atoms with Gasteiger partial charge in [-0.15, -0.1) is 0 Å². The van der Waals surface area contributed by atoms with E-state index in [1.165, 1.54) is 0 Å². The van der Waals surface area contributed by atoms with Gasteiger partial charge in [-0.3, -0.25) is 4.57 Å². The first-order valence-corrected chi connectivity index (χ1v) is 7.39. The summed E-state index contributed by atoms with van der Waals surface area (Å²) >= 11 is 3.46. The van der Waals surface area contributed by atoms with Crippen LogP contribution in [0.1, 0.15) is 24.7 Å². The Hall–Kier alpha value is -0.720. The molecular formula is C13H22BrN3O2. The van der Waals surface area contributed by atoms with Gasteiger partial charge in [0, 0.05) is 32.0 Å². The second-order valence-corrected chi connectivity index (χ2v) is 5.12. The van der Waals surface area contributed by atoms with Crippen molar-refractivity contribution in [1.82, 2.24) is 14.9 Å². The minimum Gasteiger partial charge on any atom is -0.382 e. The van der Waals surface area contributed by atoms with E-state index in [1.807, 2.05) is 20.8 Å². The molecule has 1 rings (SSSR count). The van der Waals surface area contributed by atoms with Crippen LogP contribution in [0.25, 0.3) is 0 Å². The summed E-state index contributed by atoms with van der Waals surface area (Å²) in [5, 5.41) is 3.30. The lowest BCUT2D eigenvalue weighted by molar-refractivity contribution is 0.145. The maximum atomic E-state index is 11.8. The van der Waals surface area contributed by atoms with Crippen molar-refractivity contribution < 1.29 is 4.74 Å². The van der Waals surface area contributed by atoms with Crippen LogP contribution in [0.2, 0.25) is 0 Å². The predicted molar refractivity (Wildman–Crippen MR) is 79.7 cm³/mol. The van der Waals surface area contributed by atoms with E-state index < -0.39 is 0 Å². The molecule has 0 amide bonds. The number of nitrogens with zero attached hydrogens (tertiary/aromatic N) is 2. The van der Waals surface area contributed by atoms with Gasteiger partial charge in [-0.05, 0) is 49.7 Å². The van der Waals surface area contributed by atoms with Crippen molar-refractivity contribution in [3.63, 3.8) is 0 Å². The van der Waals surface area contributed by atoms with Crippen LogP contribution in [0, 0.1) is 13.8 Å². The number of nitrogens with one attached hydrogen (secondary N) is 1. The van der Waals surface area contributed by atoms with Crippen LogP contribution in [0.3, 0.4) is 0 Å². The van der Waals surface area contributed by atoms with E-state index in [4.69, 9.17) is 4.74 Å². The molecule has 108 valence electrons. The summed E-state index contributed by atoms with van der Waals surface area (Å²) in [6, 6.07) is 0. The van der Waals surface area contributed by atoms with Gasteiger partial charge < -0.3 is 10.1 Å². The van der Waals surface area contributed by atoms with E-state index in [0.29, 0.717) is 6.54 Å². The third-order valence-corrected chi connectivity index (χ3v) is 4.04. The lowest BCUT2D eigenvalue weighted by Gasteiger charge is -2.12. The Bertz CT molecular complexity index is 460. The summed E-state index contributed by atoms with van der Waals surface area (Å²) in [5.74, 6) is 0. The molecular weight excluding hydrogens is 310 g/mol. The smallest absolute Gasteiger partial charge is 0.348 e. The quantitative estimate of drug-likeness (QED) is 0.736. The predicted octanol–water partition coefficient (Wildman–Crippen LogP) is 1.64. The maximum Gasteiger partial charge on any atom is 0.348 e. The molecule has 1 aromatic rings. The molecule has 0 saturated carbocycles. The fourth-order valence-corrected chi connectivity index (χ4v) is 2.10. The van der Waals surface area contributed by atoms with E-state index in [1.54, 1.807) is 4.57 Å². The normalized spacial score (nSPS) is 10.9. The maximum absolute atomic E-state index is 11.8. The van der Waals surface area contributed by atoms with Crippen LogP contribution in [-0.2, 0) is 11.3 Å². The number of hydrogen-bond acceptors (Lipinski definition) is 4. The number of aryl methyl sites for hydroxylation is 1. The number of ether oxygens (including phenoxy) is 1. The number of rotatable bonds is 8. The highest BCUT2D eigenvalue weighted by molar-refractivity contribution is 9.10. The number of halogens is 1. The zero-order chi connectivity index (χ0) is 14.3. The summed E-state index contributed by atoms with van der Waals surface area (Å²) in [4.78, 5) is 15.8. The Morgan fingerprint density at radius 3 is 2.79 bits per heavy atom. The van der Waals surface area contributed by atoms with Crippen LogP contribution < -0.4 is 11.0 Å². The molecule has 1 aromatic heterocycles. The van der Waals surface area contributed by atoms with Gasteiger partial charge in [0.25, 0.3) is 0 Å². The Kier molecular flexibility index (Phi) is 7.27. The molecule has 0 bridgehead atoms. The third kappa shape index (κ3) is 5.04. The zero-order valence-corrected chi connectivity index (χ0v) is 13.4. The monoisotopic (exact) mass is 331 g/mol. The van der Waals surface area contributed by atoms with Crippen LogP contribution in [0.15, 0.2) is 9.27 Å². The van der Waals surface area contributed by atoms with Gasteiger partial charge >= 0.3 is 5.69 Å². The average molecular weight is 332 g/mol. The van der Waals surface area contributed by atoms with Crippen molar-refractivity contribution in [2.75, 3.05) is 26.3 Å².